The molecule has 47 heavy (non-hydrogen) atoms. The molecular weight excluding hydrogens is 592 g/mol. The number of likely N-dealkylation sites (tertiary alicyclic amines) is 2. The van der Waals surface area contributed by atoms with Gasteiger partial charge in [0.25, 0.3) is 11.4 Å². The maximum atomic E-state index is 11.1. The lowest BCUT2D eigenvalue weighted by Crippen LogP contribution is -2.33. The molecule has 0 radical (unpaired) electrons. The molecule has 2 aromatic rings. The monoisotopic (exact) mass is 640 g/mol. The number of hydrogen-bond acceptors (Lipinski definition) is 8. The molecule has 2 aliphatic heterocycles. The summed E-state index contributed by atoms with van der Waals surface area (Å²) in [4.78, 5) is 26.2. The second kappa shape index (κ2) is 14.1. The number of nitriles is 2. The molecule has 6 rings (SSSR count). The molecule has 0 bridgehead atoms. The van der Waals surface area contributed by atoms with Crippen LogP contribution in [0.15, 0.2) is 48.5 Å². The molecule has 2 aromatic carbocycles. The third-order valence-corrected chi connectivity index (χ3v) is 11.6. The maximum absolute atomic E-state index is 11.1. The number of nitro groups is 2. The number of piperidine rings is 2. The van der Waals surface area contributed by atoms with Gasteiger partial charge in [-0.15, -0.1) is 0 Å². The van der Waals surface area contributed by atoms with Gasteiger partial charge in [-0.05, 0) is 37.1 Å². The van der Waals surface area contributed by atoms with Crippen molar-refractivity contribution in [2.24, 2.45) is 23.2 Å². The van der Waals surface area contributed by atoms with Crippen molar-refractivity contribution < 1.29 is 9.85 Å². The number of nitrogens with zero attached hydrogens (tertiary/aromatic N) is 6. The fourth-order valence-electron chi connectivity index (χ4n) is 8.93. The molecule has 0 spiro atoms. The topological polar surface area (TPSA) is 140 Å². The number of hydrogen-bond donors (Lipinski definition) is 0. The van der Waals surface area contributed by atoms with Crippen LogP contribution in [0.4, 0.5) is 11.4 Å². The van der Waals surface area contributed by atoms with Crippen LogP contribution in [0.5, 0.6) is 0 Å². The number of nitro benzene ring substituents is 2. The average Bonchev–Trinajstić information content (AvgIpc) is 3.61. The number of rotatable bonds is 14. The third kappa shape index (κ3) is 6.26. The SMILES string of the molecule is CCCCCCN1C[C@@H]2[C@H](C1)C2(C#N)c1cccc([N+](=O)[O-])c1.CCCCCCN1C[C@@H]2[C@](C)(C1)[C@@]2(C#N)c1cccc([N+](=O)[O-])c1. The van der Waals surface area contributed by atoms with Gasteiger partial charge in [0.05, 0.1) is 32.8 Å². The summed E-state index contributed by atoms with van der Waals surface area (Å²) in [6.45, 7) is 12.6. The summed E-state index contributed by atoms with van der Waals surface area (Å²) >= 11 is 0. The summed E-state index contributed by atoms with van der Waals surface area (Å²) in [5, 5.41) is 41.7. The lowest BCUT2D eigenvalue weighted by molar-refractivity contribution is -0.385. The van der Waals surface area contributed by atoms with E-state index < -0.39 is 10.8 Å². The zero-order valence-corrected chi connectivity index (χ0v) is 28.1. The van der Waals surface area contributed by atoms with Crippen LogP contribution >= 0.6 is 0 Å². The summed E-state index contributed by atoms with van der Waals surface area (Å²) in [5.74, 6) is 0.949. The van der Waals surface area contributed by atoms with E-state index in [0.29, 0.717) is 11.8 Å². The van der Waals surface area contributed by atoms with Crippen molar-refractivity contribution in [3.8, 4) is 12.1 Å². The minimum Gasteiger partial charge on any atom is -0.303 e. The molecule has 0 aromatic heterocycles. The molecule has 0 N–H and O–H groups in total. The molecule has 2 heterocycles. The predicted molar refractivity (Wildman–Crippen MR) is 181 cm³/mol. The number of non-ortho nitro benzene ring substituents is 2. The quantitative estimate of drug-likeness (QED) is 0.118. The van der Waals surface area contributed by atoms with E-state index in [1.165, 1.54) is 63.5 Å². The first-order chi connectivity index (χ1) is 22.6. The Kier molecular flexibility index (Phi) is 10.3. The highest BCUT2D eigenvalue weighted by Crippen LogP contribution is 2.72. The Morgan fingerprint density at radius 1 is 0.766 bits per heavy atom. The van der Waals surface area contributed by atoms with Gasteiger partial charge in [-0.2, -0.15) is 10.5 Å². The van der Waals surface area contributed by atoms with E-state index in [0.717, 1.165) is 50.4 Å². The molecule has 10 heteroatoms. The van der Waals surface area contributed by atoms with Gasteiger partial charge in [-0.25, -0.2) is 0 Å². The minimum atomic E-state index is -0.557. The van der Waals surface area contributed by atoms with Crippen LogP contribution in [0.1, 0.15) is 83.3 Å². The smallest absolute Gasteiger partial charge is 0.269 e. The molecule has 250 valence electrons. The van der Waals surface area contributed by atoms with Gasteiger partial charge in [0.1, 0.15) is 0 Å². The van der Waals surface area contributed by atoms with Crippen LogP contribution in [-0.2, 0) is 10.8 Å². The first kappa shape index (κ1) is 34.5. The van der Waals surface area contributed by atoms with E-state index in [4.69, 9.17) is 0 Å². The van der Waals surface area contributed by atoms with Crippen LogP contribution in [0, 0.1) is 66.1 Å². The Hall–Kier alpha value is -3.86. The van der Waals surface area contributed by atoms with Crippen molar-refractivity contribution in [1.29, 1.82) is 10.5 Å². The van der Waals surface area contributed by atoms with Gasteiger partial charge in [-0.3, -0.25) is 20.2 Å². The van der Waals surface area contributed by atoms with Crippen LogP contribution in [0.25, 0.3) is 0 Å². The summed E-state index contributed by atoms with van der Waals surface area (Å²) in [5.41, 5.74) is 0.671. The highest BCUT2D eigenvalue weighted by atomic mass is 16.6. The first-order valence-corrected chi connectivity index (χ1v) is 17.4. The van der Waals surface area contributed by atoms with Crippen molar-refractivity contribution in [1.82, 2.24) is 9.80 Å². The molecule has 6 atom stereocenters. The van der Waals surface area contributed by atoms with E-state index in [-0.39, 0.29) is 32.6 Å². The lowest BCUT2D eigenvalue weighted by Gasteiger charge is -2.25. The second-order valence-electron chi connectivity index (χ2n) is 14.3. The van der Waals surface area contributed by atoms with Crippen molar-refractivity contribution >= 4 is 11.4 Å². The van der Waals surface area contributed by atoms with Gasteiger partial charge in [0, 0.05) is 73.6 Å². The molecule has 1 unspecified atom stereocenters. The van der Waals surface area contributed by atoms with Gasteiger partial charge in [0.15, 0.2) is 0 Å². The normalized spacial score (nSPS) is 30.3. The molecule has 4 fully saturated rings. The summed E-state index contributed by atoms with van der Waals surface area (Å²) in [6.07, 6.45) is 10.0. The average molecular weight is 641 g/mol. The van der Waals surface area contributed by atoms with Crippen LogP contribution in [-0.4, -0.2) is 58.9 Å². The van der Waals surface area contributed by atoms with E-state index in [1.807, 2.05) is 12.1 Å². The summed E-state index contributed by atoms with van der Waals surface area (Å²) in [7, 11) is 0. The number of benzene rings is 2. The van der Waals surface area contributed by atoms with Crippen LogP contribution in [0.3, 0.4) is 0 Å². The molecular formula is C37H48N6O4. The van der Waals surface area contributed by atoms with E-state index >= 15 is 0 Å². The summed E-state index contributed by atoms with van der Waals surface area (Å²) < 4.78 is 0. The third-order valence-electron chi connectivity index (χ3n) is 11.6. The van der Waals surface area contributed by atoms with Crippen LogP contribution < -0.4 is 0 Å². The Morgan fingerprint density at radius 2 is 1.30 bits per heavy atom. The molecule has 2 saturated carbocycles. The Balaban J connectivity index is 0.000000185. The van der Waals surface area contributed by atoms with E-state index in [2.05, 4.69) is 42.7 Å². The largest absolute Gasteiger partial charge is 0.303 e. The highest BCUT2D eigenvalue weighted by Gasteiger charge is 2.78. The van der Waals surface area contributed by atoms with E-state index in [1.54, 1.807) is 24.3 Å². The number of fused-ring (bicyclic) bond motifs is 2. The molecule has 4 aliphatic rings. The van der Waals surface area contributed by atoms with Crippen molar-refractivity contribution in [3.05, 3.63) is 79.9 Å². The van der Waals surface area contributed by atoms with Gasteiger partial charge < -0.3 is 9.80 Å². The molecule has 10 nitrogen and oxygen atoms in total. The summed E-state index contributed by atoms with van der Waals surface area (Å²) in [6, 6.07) is 18.3. The predicted octanol–water partition coefficient (Wildman–Crippen LogP) is 7.39. The standard InChI is InChI=1S/C19H25N3O2.C18H23N3O2/c1-3-4-5-6-10-21-12-17-18(2,14-21)19(17,13-20)15-8-7-9-16(11-15)22(23)24;1-2-3-4-5-9-20-11-16-17(12-20)18(16,13-19)14-7-6-8-15(10-14)21(22)23/h7-9,11,17H,3-6,10,12,14H2,1-2H3;6-8,10,16-17H,2-5,9,11-12H2,1H3/t17-,18+,19+;16-,17+,18?/m1./s1. The van der Waals surface area contributed by atoms with Crippen molar-refractivity contribution in [3.63, 3.8) is 0 Å². The van der Waals surface area contributed by atoms with E-state index in [9.17, 15) is 30.8 Å². The lowest BCUT2D eigenvalue weighted by atomic mass is 9.86. The Bertz CT molecular complexity index is 1540. The van der Waals surface area contributed by atoms with Crippen molar-refractivity contribution in [2.75, 3.05) is 39.3 Å². The zero-order chi connectivity index (χ0) is 33.8. The molecule has 2 aliphatic carbocycles. The minimum absolute atomic E-state index is 0.0760. The highest BCUT2D eigenvalue weighted by molar-refractivity contribution is 5.53. The van der Waals surface area contributed by atoms with Crippen LogP contribution in [0.2, 0.25) is 0 Å². The molecule has 2 saturated heterocycles. The van der Waals surface area contributed by atoms with Gasteiger partial charge in [-0.1, -0.05) is 83.6 Å². The second-order valence-corrected chi connectivity index (χ2v) is 14.3. The van der Waals surface area contributed by atoms with Gasteiger partial charge >= 0.3 is 0 Å². The maximum Gasteiger partial charge on any atom is 0.269 e. The Labute approximate surface area is 278 Å². The first-order valence-electron chi connectivity index (χ1n) is 17.4. The zero-order valence-electron chi connectivity index (χ0n) is 28.1. The van der Waals surface area contributed by atoms with Gasteiger partial charge in [0.2, 0.25) is 0 Å². The number of unbranched alkanes of at least 4 members (excludes halogenated alkanes) is 6. The fraction of sp³-hybridized carbons (Fsp3) is 0.622. The Morgan fingerprint density at radius 3 is 1.77 bits per heavy atom. The molecule has 0 amide bonds. The fourth-order valence-corrected chi connectivity index (χ4v) is 8.93. The van der Waals surface area contributed by atoms with Crippen molar-refractivity contribution in [2.45, 2.75) is 83.0 Å².